The van der Waals surface area contributed by atoms with Gasteiger partial charge < -0.3 is 10.4 Å². The molecule has 1 amide bonds. The lowest BCUT2D eigenvalue weighted by Gasteiger charge is -2.25. The van der Waals surface area contributed by atoms with Gasteiger partial charge in [0.15, 0.2) is 0 Å². The standard InChI is InChI=1S/C15H18N2O3/c18-14(19)5-4-12-10-16-8-7-13(12)15(20)17-9-6-11-2-1-3-11/h4-5,7-8,10-11H,1-3,6,9H2,(H,17,20)(H,18,19)/b5-4+. The molecule has 1 saturated carbocycles. The number of aromatic nitrogens is 1. The zero-order valence-corrected chi connectivity index (χ0v) is 11.2. The number of rotatable bonds is 6. The number of carboxylic acid groups (broad SMARTS) is 1. The summed E-state index contributed by atoms with van der Waals surface area (Å²) in [5.41, 5.74) is 0.960. The number of nitrogens with zero attached hydrogens (tertiary/aromatic N) is 1. The molecule has 2 rings (SSSR count). The van der Waals surface area contributed by atoms with Crippen LogP contribution in [0.3, 0.4) is 0 Å². The highest BCUT2D eigenvalue weighted by Crippen LogP contribution is 2.28. The molecule has 1 aromatic rings. The summed E-state index contributed by atoms with van der Waals surface area (Å²) in [4.78, 5) is 26.5. The minimum Gasteiger partial charge on any atom is -0.478 e. The Labute approximate surface area is 117 Å². The average molecular weight is 274 g/mol. The summed E-state index contributed by atoms with van der Waals surface area (Å²) in [5, 5.41) is 11.5. The van der Waals surface area contributed by atoms with Crippen molar-refractivity contribution < 1.29 is 14.7 Å². The van der Waals surface area contributed by atoms with E-state index in [0.717, 1.165) is 18.4 Å². The lowest BCUT2D eigenvalue weighted by atomic mass is 9.83. The second-order valence-corrected chi connectivity index (χ2v) is 4.98. The molecule has 0 spiro atoms. The van der Waals surface area contributed by atoms with Gasteiger partial charge in [0.05, 0.1) is 0 Å². The molecule has 1 heterocycles. The number of pyridine rings is 1. The third kappa shape index (κ3) is 3.91. The Bertz CT molecular complexity index is 522. The van der Waals surface area contributed by atoms with E-state index in [2.05, 4.69) is 10.3 Å². The minimum absolute atomic E-state index is 0.184. The van der Waals surface area contributed by atoms with E-state index in [0.29, 0.717) is 17.7 Å². The van der Waals surface area contributed by atoms with Gasteiger partial charge in [-0.3, -0.25) is 9.78 Å². The molecule has 0 unspecified atom stereocenters. The van der Waals surface area contributed by atoms with Crippen LogP contribution in [0, 0.1) is 5.92 Å². The number of aliphatic carboxylic acids is 1. The third-order valence-electron chi connectivity index (χ3n) is 3.56. The van der Waals surface area contributed by atoms with Crippen molar-refractivity contribution in [2.45, 2.75) is 25.7 Å². The van der Waals surface area contributed by atoms with Crippen molar-refractivity contribution in [3.63, 3.8) is 0 Å². The molecule has 20 heavy (non-hydrogen) atoms. The van der Waals surface area contributed by atoms with Crippen molar-refractivity contribution >= 4 is 18.0 Å². The highest BCUT2D eigenvalue weighted by molar-refractivity contribution is 5.98. The fourth-order valence-corrected chi connectivity index (χ4v) is 2.17. The van der Waals surface area contributed by atoms with Crippen molar-refractivity contribution in [3.8, 4) is 0 Å². The highest BCUT2D eigenvalue weighted by atomic mass is 16.4. The predicted molar refractivity (Wildman–Crippen MR) is 75.2 cm³/mol. The second-order valence-electron chi connectivity index (χ2n) is 4.98. The van der Waals surface area contributed by atoms with Crippen LogP contribution in [0.2, 0.25) is 0 Å². The second kappa shape index (κ2) is 6.84. The largest absolute Gasteiger partial charge is 0.478 e. The van der Waals surface area contributed by atoms with Crippen LogP contribution >= 0.6 is 0 Å². The van der Waals surface area contributed by atoms with Crippen molar-refractivity contribution in [3.05, 3.63) is 35.7 Å². The maximum atomic E-state index is 12.1. The Kier molecular flexibility index (Phi) is 4.87. The van der Waals surface area contributed by atoms with E-state index in [1.54, 1.807) is 6.07 Å². The molecule has 0 aliphatic heterocycles. The van der Waals surface area contributed by atoms with Gasteiger partial charge in [-0.2, -0.15) is 0 Å². The number of amides is 1. The minimum atomic E-state index is -1.05. The Hall–Kier alpha value is -2.17. The van der Waals surface area contributed by atoms with Crippen molar-refractivity contribution in [1.29, 1.82) is 0 Å². The molecular weight excluding hydrogens is 256 g/mol. The van der Waals surface area contributed by atoms with Gasteiger partial charge in [0, 0.05) is 36.1 Å². The first-order valence-corrected chi connectivity index (χ1v) is 6.80. The number of hydrogen-bond acceptors (Lipinski definition) is 3. The summed E-state index contributed by atoms with van der Waals surface area (Å²) in [5.74, 6) is -0.485. The average Bonchev–Trinajstić information content (AvgIpc) is 2.39. The maximum Gasteiger partial charge on any atom is 0.328 e. The summed E-state index contributed by atoms with van der Waals surface area (Å²) in [6, 6.07) is 1.60. The predicted octanol–water partition coefficient (Wildman–Crippen LogP) is 2.10. The van der Waals surface area contributed by atoms with Crippen LogP contribution in [0.1, 0.15) is 41.6 Å². The number of nitrogens with one attached hydrogen (secondary N) is 1. The molecule has 106 valence electrons. The van der Waals surface area contributed by atoms with Crippen LogP contribution in [0.15, 0.2) is 24.5 Å². The molecule has 5 heteroatoms. The molecule has 1 aliphatic carbocycles. The first kappa shape index (κ1) is 14.2. The van der Waals surface area contributed by atoms with E-state index in [-0.39, 0.29) is 5.91 Å². The number of carboxylic acids is 1. The van der Waals surface area contributed by atoms with E-state index in [1.807, 2.05) is 0 Å². The van der Waals surface area contributed by atoms with E-state index in [9.17, 15) is 9.59 Å². The monoisotopic (exact) mass is 274 g/mol. The lowest BCUT2D eigenvalue weighted by molar-refractivity contribution is -0.131. The zero-order chi connectivity index (χ0) is 14.4. The fourth-order valence-electron chi connectivity index (χ4n) is 2.17. The Balaban J connectivity index is 1.95. The van der Waals surface area contributed by atoms with Crippen LogP contribution < -0.4 is 5.32 Å². The van der Waals surface area contributed by atoms with E-state index >= 15 is 0 Å². The van der Waals surface area contributed by atoms with Crippen LogP contribution in [-0.2, 0) is 4.79 Å². The van der Waals surface area contributed by atoms with Gasteiger partial charge in [-0.15, -0.1) is 0 Å². The van der Waals surface area contributed by atoms with Crippen molar-refractivity contribution in [1.82, 2.24) is 10.3 Å². The maximum absolute atomic E-state index is 12.1. The van der Waals surface area contributed by atoms with Crippen molar-refractivity contribution in [2.24, 2.45) is 5.92 Å². The molecule has 1 fully saturated rings. The van der Waals surface area contributed by atoms with Gasteiger partial charge in [-0.1, -0.05) is 19.3 Å². The van der Waals surface area contributed by atoms with Crippen LogP contribution in [0.4, 0.5) is 0 Å². The van der Waals surface area contributed by atoms with Crippen LogP contribution in [0.25, 0.3) is 6.08 Å². The number of hydrogen-bond donors (Lipinski definition) is 2. The van der Waals surface area contributed by atoms with Gasteiger partial charge in [0.25, 0.3) is 5.91 Å². The van der Waals surface area contributed by atoms with Crippen LogP contribution in [0.5, 0.6) is 0 Å². The molecule has 1 aromatic heterocycles. The van der Waals surface area contributed by atoms with Crippen molar-refractivity contribution in [2.75, 3.05) is 6.54 Å². The number of carbonyl (C=O) groups excluding carboxylic acids is 1. The molecule has 2 N–H and O–H groups in total. The molecular formula is C15H18N2O3. The van der Waals surface area contributed by atoms with Gasteiger partial charge in [-0.25, -0.2) is 4.79 Å². The van der Waals surface area contributed by atoms with E-state index in [4.69, 9.17) is 5.11 Å². The summed E-state index contributed by atoms with van der Waals surface area (Å²) in [7, 11) is 0. The topological polar surface area (TPSA) is 79.3 Å². The highest BCUT2D eigenvalue weighted by Gasteiger charge is 2.17. The number of carbonyl (C=O) groups is 2. The summed E-state index contributed by atoms with van der Waals surface area (Å²) in [6.45, 7) is 0.661. The molecule has 0 atom stereocenters. The molecule has 0 aromatic carbocycles. The fraction of sp³-hybridized carbons (Fsp3) is 0.400. The van der Waals surface area contributed by atoms with Gasteiger partial charge >= 0.3 is 5.97 Å². The molecule has 0 saturated heterocycles. The third-order valence-corrected chi connectivity index (χ3v) is 3.56. The molecule has 1 aliphatic rings. The smallest absolute Gasteiger partial charge is 0.328 e. The first-order chi connectivity index (χ1) is 9.66. The van der Waals surface area contributed by atoms with Gasteiger partial charge in [0.1, 0.15) is 0 Å². The first-order valence-electron chi connectivity index (χ1n) is 6.80. The summed E-state index contributed by atoms with van der Waals surface area (Å²) >= 11 is 0. The van der Waals surface area contributed by atoms with E-state index in [1.165, 1.54) is 37.7 Å². The van der Waals surface area contributed by atoms with E-state index < -0.39 is 5.97 Å². The zero-order valence-electron chi connectivity index (χ0n) is 11.2. The quantitative estimate of drug-likeness (QED) is 0.779. The Morgan fingerprint density at radius 1 is 1.45 bits per heavy atom. The van der Waals surface area contributed by atoms with Gasteiger partial charge in [0.2, 0.25) is 0 Å². The molecule has 0 radical (unpaired) electrons. The lowest BCUT2D eigenvalue weighted by Crippen LogP contribution is -2.28. The molecule has 5 nitrogen and oxygen atoms in total. The van der Waals surface area contributed by atoms with Gasteiger partial charge in [-0.05, 0) is 24.5 Å². The Morgan fingerprint density at radius 2 is 2.25 bits per heavy atom. The van der Waals surface area contributed by atoms with Crippen LogP contribution in [-0.4, -0.2) is 28.5 Å². The Morgan fingerprint density at radius 3 is 2.90 bits per heavy atom. The SMILES string of the molecule is O=C(O)/C=C/c1cnccc1C(=O)NCCC1CCC1. The normalized spacial score (nSPS) is 15.0. The summed E-state index contributed by atoms with van der Waals surface area (Å²) in [6.07, 6.45) is 10.2. The summed E-state index contributed by atoms with van der Waals surface area (Å²) < 4.78 is 0. The molecule has 0 bridgehead atoms.